The molecule has 0 spiro atoms. The Bertz CT molecular complexity index is 422. The minimum atomic E-state index is -4.84. The minimum Gasteiger partial charge on any atom is -0.496 e. The molecule has 1 aromatic carbocycles. The van der Waals surface area contributed by atoms with E-state index in [1.54, 1.807) is 0 Å². The van der Waals surface area contributed by atoms with E-state index in [-0.39, 0.29) is 11.3 Å². The van der Waals surface area contributed by atoms with E-state index in [0.29, 0.717) is 0 Å². The second-order valence-corrected chi connectivity index (χ2v) is 3.68. The second kappa shape index (κ2) is 6.05. The van der Waals surface area contributed by atoms with Crippen LogP contribution in [0.5, 0.6) is 11.5 Å². The molecule has 0 aliphatic carbocycles. The first-order valence-corrected chi connectivity index (χ1v) is 5.20. The zero-order valence-corrected chi connectivity index (χ0v) is 9.88. The predicted molar refractivity (Wildman–Crippen MR) is 57.2 cm³/mol. The normalized spacial score (nSPS) is 13.5. The molecule has 3 nitrogen and oxygen atoms in total. The molecular weight excluding hydrogens is 273 g/mol. The van der Waals surface area contributed by atoms with Gasteiger partial charge in [0.1, 0.15) is 11.5 Å². The van der Waals surface area contributed by atoms with Crippen LogP contribution in [0.25, 0.3) is 0 Å². The van der Waals surface area contributed by atoms with Gasteiger partial charge in [-0.2, -0.15) is 0 Å². The van der Waals surface area contributed by atoms with Crippen LogP contribution in [0, 0.1) is 0 Å². The molecule has 0 aromatic heterocycles. The molecule has 0 saturated carbocycles. The van der Waals surface area contributed by atoms with Crippen molar-refractivity contribution in [1.29, 1.82) is 0 Å². The van der Waals surface area contributed by atoms with Gasteiger partial charge in [-0.15, -0.1) is 13.2 Å². The molecular formula is C11H12F5NO2. The van der Waals surface area contributed by atoms with Gasteiger partial charge in [0.25, 0.3) is 0 Å². The van der Waals surface area contributed by atoms with Crippen LogP contribution in [0.3, 0.4) is 0 Å². The number of ether oxygens (including phenoxy) is 2. The highest BCUT2D eigenvalue weighted by molar-refractivity contribution is 5.42. The molecule has 0 fully saturated rings. The lowest BCUT2D eigenvalue weighted by molar-refractivity contribution is -0.274. The van der Waals surface area contributed by atoms with Gasteiger partial charge in [0, 0.05) is 24.1 Å². The SMILES string of the molecule is COc1cc(OC(F)(F)F)ccc1[C@H](N)CC(F)F. The third kappa shape index (κ3) is 4.90. The lowest BCUT2D eigenvalue weighted by Crippen LogP contribution is -2.18. The first-order valence-electron chi connectivity index (χ1n) is 5.20. The summed E-state index contributed by atoms with van der Waals surface area (Å²) in [6.07, 6.45) is -8.07. The van der Waals surface area contributed by atoms with Gasteiger partial charge in [-0.05, 0) is 6.07 Å². The van der Waals surface area contributed by atoms with Crippen molar-refractivity contribution >= 4 is 0 Å². The van der Waals surface area contributed by atoms with Gasteiger partial charge in [0.05, 0.1) is 7.11 Å². The fraction of sp³-hybridized carbons (Fsp3) is 0.455. The Morgan fingerprint density at radius 2 is 1.89 bits per heavy atom. The molecule has 0 saturated heterocycles. The largest absolute Gasteiger partial charge is 0.573 e. The molecule has 0 unspecified atom stereocenters. The van der Waals surface area contributed by atoms with Gasteiger partial charge in [-0.1, -0.05) is 6.07 Å². The number of rotatable bonds is 5. The molecule has 1 aromatic rings. The maximum Gasteiger partial charge on any atom is 0.573 e. The van der Waals surface area contributed by atoms with E-state index in [4.69, 9.17) is 10.5 Å². The Labute approximate surface area is 106 Å². The number of methoxy groups -OCH3 is 1. The Morgan fingerprint density at radius 1 is 1.26 bits per heavy atom. The Morgan fingerprint density at radius 3 is 2.37 bits per heavy atom. The quantitative estimate of drug-likeness (QED) is 0.845. The van der Waals surface area contributed by atoms with Gasteiger partial charge in [-0.25, -0.2) is 8.78 Å². The molecule has 19 heavy (non-hydrogen) atoms. The molecule has 108 valence electrons. The standard InChI is InChI=1S/C11H12F5NO2/c1-18-9-4-6(19-11(14,15)16)2-3-7(9)8(17)5-10(12)13/h2-4,8,10H,5,17H2,1H3/t8-/m1/s1. The summed E-state index contributed by atoms with van der Waals surface area (Å²) in [5, 5.41) is 0. The maximum atomic E-state index is 12.2. The van der Waals surface area contributed by atoms with E-state index in [1.807, 2.05) is 0 Å². The first kappa shape index (κ1) is 15.5. The van der Waals surface area contributed by atoms with Crippen molar-refractivity contribution in [3.8, 4) is 11.5 Å². The van der Waals surface area contributed by atoms with Crippen LogP contribution in [0.4, 0.5) is 22.0 Å². The molecule has 1 rings (SSSR count). The molecule has 0 amide bonds. The van der Waals surface area contributed by atoms with Crippen molar-refractivity contribution in [3.63, 3.8) is 0 Å². The van der Waals surface area contributed by atoms with Gasteiger partial charge in [-0.3, -0.25) is 0 Å². The first-order chi connectivity index (χ1) is 8.73. The van der Waals surface area contributed by atoms with Crippen molar-refractivity contribution in [2.24, 2.45) is 5.73 Å². The van der Waals surface area contributed by atoms with Crippen molar-refractivity contribution in [1.82, 2.24) is 0 Å². The van der Waals surface area contributed by atoms with Crippen molar-refractivity contribution in [2.75, 3.05) is 7.11 Å². The summed E-state index contributed by atoms with van der Waals surface area (Å²) in [5.74, 6) is -0.535. The lowest BCUT2D eigenvalue weighted by atomic mass is 10.0. The van der Waals surface area contributed by atoms with Crippen LogP contribution in [-0.4, -0.2) is 19.9 Å². The summed E-state index contributed by atoms with van der Waals surface area (Å²) in [6, 6.07) is 2.09. The number of benzene rings is 1. The topological polar surface area (TPSA) is 44.5 Å². The number of halogens is 5. The molecule has 0 heterocycles. The van der Waals surface area contributed by atoms with Crippen LogP contribution in [0.1, 0.15) is 18.0 Å². The maximum absolute atomic E-state index is 12.2. The van der Waals surface area contributed by atoms with Gasteiger partial charge >= 0.3 is 6.36 Å². The summed E-state index contributed by atoms with van der Waals surface area (Å²) in [6.45, 7) is 0. The molecule has 2 N–H and O–H groups in total. The van der Waals surface area contributed by atoms with E-state index in [9.17, 15) is 22.0 Å². The van der Waals surface area contributed by atoms with E-state index >= 15 is 0 Å². The Hall–Kier alpha value is -1.57. The number of nitrogens with two attached hydrogens (primary N) is 1. The van der Waals surface area contributed by atoms with Crippen LogP contribution >= 0.6 is 0 Å². The summed E-state index contributed by atoms with van der Waals surface area (Å²) in [5.41, 5.74) is 5.72. The average molecular weight is 285 g/mol. The van der Waals surface area contributed by atoms with E-state index < -0.39 is 31.0 Å². The van der Waals surface area contributed by atoms with Crippen molar-refractivity contribution in [2.45, 2.75) is 25.3 Å². The van der Waals surface area contributed by atoms with Gasteiger partial charge in [0.2, 0.25) is 6.43 Å². The third-order valence-electron chi connectivity index (χ3n) is 2.27. The number of alkyl halides is 5. The van der Waals surface area contributed by atoms with Crippen LogP contribution in [0.2, 0.25) is 0 Å². The Balaban J connectivity index is 2.96. The lowest BCUT2D eigenvalue weighted by Gasteiger charge is -2.17. The highest BCUT2D eigenvalue weighted by Crippen LogP contribution is 2.33. The summed E-state index contributed by atoms with van der Waals surface area (Å²) in [7, 11) is 1.20. The fourth-order valence-electron chi connectivity index (χ4n) is 1.51. The molecule has 1 atom stereocenters. The highest BCUT2D eigenvalue weighted by Gasteiger charge is 2.31. The van der Waals surface area contributed by atoms with Gasteiger partial charge < -0.3 is 15.2 Å². The average Bonchev–Trinajstić information content (AvgIpc) is 2.25. The van der Waals surface area contributed by atoms with Crippen LogP contribution in [-0.2, 0) is 0 Å². The zero-order chi connectivity index (χ0) is 14.6. The van der Waals surface area contributed by atoms with Crippen molar-refractivity contribution in [3.05, 3.63) is 23.8 Å². The number of hydrogen-bond donors (Lipinski definition) is 1. The monoisotopic (exact) mass is 285 g/mol. The number of hydrogen-bond acceptors (Lipinski definition) is 3. The molecule has 0 aliphatic heterocycles. The van der Waals surface area contributed by atoms with Crippen molar-refractivity contribution < 1.29 is 31.4 Å². The van der Waals surface area contributed by atoms with Crippen LogP contribution < -0.4 is 15.2 Å². The summed E-state index contributed by atoms with van der Waals surface area (Å²) in [4.78, 5) is 0. The molecule has 0 aliphatic rings. The fourth-order valence-corrected chi connectivity index (χ4v) is 1.51. The molecule has 0 bridgehead atoms. The Kier molecular flexibility index (Phi) is 4.93. The van der Waals surface area contributed by atoms with E-state index in [2.05, 4.69) is 4.74 Å². The van der Waals surface area contributed by atoms with E-state index in [0.717, 1.165) is 12.1 Å². The minimum absolute atomic E-state index is 0.0325. The smallest absolute Gasteiger partial charge is 0.496 e. The van der Waals surface area contributed by atoms with Gasteiger partial charge in [0.15, 0.2) is 0 Å². The zero-order valence-electron chi connectivity index (χ0n) is 9.88. The summed E-state index contributed by atoms with van der Waals surface area (Å²) < 4.78 is 69.0. The van der Waals surface area contributed by atoms with Crippen LogP contribution in [0.15, 0.2) is 18.2 Å². The molecule has 0 radical (unpaired) electrons. The van der Waals surface area contributed by atoms with E-state index in [1.165, 1.54) is 13.2 Å². The molecule has 8 heteroatoms. The second-order valence-electron chi connectivity index (χ2n) is 3.68. The highest BCUT2D eigenvalue weighted by atomic mass is 19.4. The predicted octanol–water partition coefficient (Wildman–Crippen LogP) is 3.25. The third-order valence-corrected chi connectivity index (χ3v) is 2.27. The summed E-state index contributed by atoms with van der Waals surface area (Å²) >= 11 is 0.